The summed E-state index contributed by atoms with van der Waals surface area (Å²) < 4.78 is 6.00. The predicted octanol–water partition coefficient (Wildman–Crippen LogP) is 4.73. The zero-order chi connectivity index (χ0) is 16.5. The van der Waals surface area contributed by atoms with E-state index < -0.39 is 0 Å². The van der Waals surface area contributed by atoms with Crippen LogP contribution < -0.4 is 0 Å². The van der Waals surface area contributed by atoms with Gasteiger partial charge in [-0.3, -0.25) is 4.90 Å². The van der Waals surface area contributed by atoms with Crippen molar-refractivity contribution in [3.63, 3.8) is 0 Å². The van der Waals surface area contributed by atoms with E-state index in [4.69, 9.17) is 9.40 Å². The van der Waals surface area contributed by atoms with Gasteiger partial charge in [0.1, 0.15) is 5.52 Å². The summed E-state index contributed by atoms with van der Waals surface area (Å²) >= 11 is 0. The van der Waals surface area contributed by atoms with E-state index in [0.29, 0.717) is 0 Å². The van der Waals surface area contributed by atoms with Crippen LogP contribution in [0.1, 0.15) is 29.0 Å². The zero-order valence-electron chi connectivity index (χ0n) is 14.2. The van der Waals surface area contributed by atoms with Gasteiger partial charge in [0.25, 0.3) is 0 Å². The summed E-state index contributed by atoms with van der Waals surface area (Å²) in [7, 11) is 0. The molecule has 0 aliphatic carbocycles. The predicted molar refractivity (Wildman–Crippen MR) is 97.8 cm³/mol. The summed E-state index contributed by atoms with van der Waals surface area (Å²) in [4.78, 5) is 7.15. The van der Waals surface area contributed by atoms with Gasteiger partial charge < -0.3 is 4.42 Å². The van der Waals surface area contributed by atoms with Crippen LogP contribution in [0.15, 0.2) is 53.0 Å². The van der Waals surface area contributed by atoms with Crippen molar-refractivity contribution in [2.24, 2.45) is 0 Å². The molecule has 3 heteroatoms. The van der Waals surface area contributed by atoms with Crippen LogP contribution in [0.3, 0.4) is 0 Å². The van der Waals surface area contributed by atoms with Crippen LogP contribution in [0.5, 0.6) is 0 Å². The second-order valence-electron chi connectivity index (χ2n) is 6.62. The van der Waals surface area contributed by atoms with Crippen LogP contribution in [-0.4, -0.2) is 23.0 Å². The molecule has 0 amide bonds. The molecule has 0 saturated heterocycles. The number of fused-ring (bicyclic) bond motifs is 1. The first-order valence-corrected chi connectivity index (χ1v) is 8.52. The van der Waals surface area contributed by atoms with Gasteiger partial charge in [-0.05, 0) is 49.1 Å². The van der Waals surface area contributed by atoms with Gasteiger partial charge in [0, 0.05) is 25.2 Å². The molecule has 2 heterocycles. The summed E-state index contributed by atoms with van der Waals surface area (Å²) in [5, 5.41) is 0. The molecule has 0 fully saturated rings. The van der Waals surface area contributed by atoms with E-state index in [1.165, 1.54) is 22.3 Å². The van der Waals surface area contributed by atoms with Crippen LogP contribution in [0.25, 0.3) is 16.7 Å². The Balaban J connectivity index is 1.52. The minimum absolute atomic E-state index is 0.786. The number of aryl methyl sites for hydroxylation is 2. The van der Waals surface area contributed by atoms with Crippen molar-refractivity contribution in [3.8, 4) is 0 Å². The third-order valence-electron chi connectivity index (χ3n) is 4.82. The smallest absolute Gasteiger partial charge is 0.222 e. The molecule has 3 nitrogen and oxygen atoms in total. The third-order valence-corrected chi connectivity index (χ3v) is 4.82. The van der Waals surface area contributed by atoms with E-state index in [1.54, 1.807) is 0 Å². The lowest BCUT2D eigenvalue weighted by atomic mass is 10.1. The lowest BCUT2D eigenvalue weighted by Crippen LogP contribution is -2.28. The molecule has 24 heavy (non-hydrogen) atoms. The average molecular weight is 318 g/mol. The number of hydrogen-bond acceptors (Lipinski definition) is 3. The van der Waals surface area contributed by atoms with E-state index in [2.05, 4.69) is 67.3 Å². The Morgan fingerprint density at radius 1 is 1.08 bits per heavy atom. The van der Waals surface area contributed by atoms with Gasteiger partial charge in [-0.15, -0.1) is 0 Å². The number of hydrogen-bond donors (Lipinski definition) is 0. The highest BCUT2D eigenvalue weighted by molar-refractivity contribution is 5.77. The van der Waals surface area contributed by atoms with E-state index in [9.17, 15) is 0 Å². The van der Waals surface area contributed by atoms with E-state index in [-0.39, 0.29) is 0 Å². The van der Waals surface area contributed by atoms with Gasteiger partial charge in [0.2, 0.25) is 5.89 Å². The molecule has 1 aliphatic rings. The van der Waals surface area contributed by atoms with Gasteiger partial charge in [-0.2, -0.15) is 0 Å². The fourth-order valence-corrected chi connectivity index (χ4v) is 3.21. The number of benzene rings is 2. The third kappa shape index (κ3) is 3.00. The second kappa shape index (κ2) is 6.25. The van der Waals surface area contributed by atoms with Crippen molar-refractivity contribution in [2.45, 2.75) is 26.8 Å². The van der Waals surface area contributed by atoms with Gasteiger partial charge in [0.05, 0.1) is 0 Å². The fourth-order valence-electron chi connectivity index (χ4n) is 3.21. The maximum atomic E-state index is 6.00. The second-order valence-corrected chi connectivity index (χ2v) is 6.62. The lowest BCUT2D eigenvalue weighted by molar-refractivity contribution is 0.292. The monoisotopic (exact) mass is 318 g/mol. The Morgan fingerprint density at radius 2 is 1.88 bits per heavy atom. The Hall–Kier alpha value is -2.39. The molecule has 122 valence electrons. The van der Waals surface area contributed by atoms with Crippen molar-refractivity contribution in [1.82, 2.24) is 9.88 Å². The van der Waals surface area contributed by atoms with Gasteiger partial charge in [-0.1, -0.05) is 36.4 Å². The molecular weight excluding hydrogens is 296 g/mol. The van der Waals surface area contributed by atoms with Crippen LogP contribution >= 0.6 is 0 Å². The number of oxazole rings is 1. The minimum atomic E-state index is 0.786. The Labute approximate surface area is 142 Å². The first kappa shape index (κ1) is 15.2. The van der Waals surface area contributed by atoms with Crippen LogP contribution in [-0.2, 0) is 6.54 Å². The summed E-state index contributed by atoms with van der Waals surface area (Å²) in [6.45, 7) is 7.21. The average Bonchev–Trinajstić information content (AvgIpc) is 2.99. The molecule has 1 aliphatic heterocycles. The fraction of sp³-hybridized carbons (Fsp3) is 0.286. The molecule has 0 unspecified atom stereocenters. The molecule has 0 saturated carbocycles. The SMILES string of the molecule is Cc1cc2nc(C3=CCN(Cc4ccccc4)CC3)oc2cc1C. The van der Waals surface area contributed by atoms with Gasteiger partial charge in [0.15, 0.2) is 5.58 Å². The first-order valence-electron chi connectivity index (χ1n) is 8.52. The van der Waals surface area contributed by atoms with Crippen molar-refractivity contribution >= 4 is 16.7 Å². The Kier molecular flexibility index (Phi) is 3.95. The molecule has 1 aromatic heterocycles. The summed E-state index contributed by atoms with van der Waals surface area (Å²) in [5.41, 5.74) is 6.94. The molecule has 0 radical (unpaired) electrons. The molecular formula is C21H22N2O. The molecule has 4 rings (SSSR count). The molecule has 0 spiro atoms. The molecule has 2 aromatic carbocycles. The maximum Gasteiger partial charge on any atom is 0.222 e. The van der Waals surface area contributed by atoms with E-state index >= 15 is 0 Å². The van der Waals surface area contributed by atoms with Crippen molar-refractivity contribution < 1.29 is 4.42 Å². The standard InChI is InChI=1S/C21H22N2O/c1-15-12-19-20(13-16(15)2)24-21(22-19)18-8-10-23(11-9-18)14-17-6-4-3-5-7-17/h3-8,12-13H,9-11,14H2,1-2H3. The maximum absolute atomic E-state index is 6.00. The topological polar surface area (TPSA) is 29.3 Å². The van der Waals surface area contributed by atoms with Crippen LogP contribution in [0, 0.1) is 13.8 Å². The summed E-state index contributed by atoms with van der Waals surface area (Å²) in [6, 6.07) is 14.8. The summed E-state index contributed by atoms with van der Waals surface area (Å²) in [5.74, 6) is 0.786. The number of nitrogens with zero attached hydrogens (tertiary/aromatic N) is 2. The first-order chi connectivity index (χ1) is 11.7. The molecule has 0 N–H and O–H groups in total. The van der Waals surface area contributed by atoms with Crippen molar-refractivity contribution in [1.29, 1.82) is 0 Å². The lowest BCUT2D eigenvalue weighted by Gasteiger charge is -2.25. The van der Waals surface area contributed by atoms with E-state index in [0.717, 1.165) is 43.0 Å². The van der Waals surface area contributed by atoms with Crippen LogP contribution in [0.2, 0.25) is 0 Å². The largest absolute Gasteiger partial charge is 0.436 e. The van der Waals surface area contributed by atoms with Crippen LogP contribution in [0.4, 0.5) is 0 Å². The molecule has 0 atom stereocenters. The zero-order valence-corrected chi connectivity index (χ0v) is 14.2. The number of aromatic nitrogens is 1. The van der Waals surface area contributed by atoms with Crippen molar-refractivity contribution in [3.05, 3.63) is 71.1 Å². The minimum Gasteiger partial charge on any atom is -0.436 e. The summed E-state index contributed by atoms with van der Waals surface area (Å²) in [6.07, 6.45) is 3.24. The Bertz CT molecular complexity index is 854. The normalized spacial score (nSPS) is 15.7. The van der Waals surface area contributed by atoms with Crippen molar-refractivity contribution in [2.75, 3.05) is 13.1 Å². The van der Waals surface area contributed by atoms with Gasteiger partial charge in [-0.25, -0.2) is 4.98 Å². The molecule has 3 aromatic rings. The van der Waals surface area contributed by atoms with E-state index in [1.807, 2.05) is 0 Å². The highest BCUT2D eigenvalue weighted by atomic mass is 16.3. The van der Waals surface area contributed by atoms with Gasteiger partial charge >= 0.3 is 0 Å². The highest BCUT2D eigenvalue weighted by Crippen LogP contribution is 2.27. The number of rotatable bonds is 3. The Morgan fingerprint density at radius 3 is 2.62 bits per heavy atom. The highest BCUT2D eigenvalue weighted by Gasteiger charge is 2.17. The molecule has 0 bridgehead atoms. The quantitative estimate of drug-likeness (QED) is 0.699.